The Labute approximate surface area is 204 Å². The number of amides is 1. The van der Waals surface area contributed by atoms with Crippen LogP contribution < -0.4 is 0 Å². The third-order valence-electron chi connectivity index (χ3n) is 12.9. The topological polar surface area (TPSA) is 59.1 Å². The smallest absolute Gasteiger partial charge is 0.221 e. The van der Waals surface area contributed by atoms with Crippen molar-refractivity contribution in [3.8, 4) is 0 Å². The first-order chi connectivity index (χ1) is 16.1. The van der Waals surface area contributed by atoms with Crippen molar-refractivity contribution in [1.29, 1.82) is 0 Å². The first-order valence-electron chi connectivity index (χ1n) is 14.3. The maximum atomic E-state index is 12.8. The van der Waals surface area contributed by atoms with Gasteiger partial charge in [0.15, 0.2) is 5.78 Å². The van der Waals surface area contributed by atoms with E-state index in [0.717, 1.165) is 38.1 Å². The summed E-state index contributed by atoms with van der Waals surface area (Å²) in [5.41, 5.74) is 0.0812. The molecule has 4 unspecified atom stereocenters. The van der Waals surface area contributed by atoms with E-state index in [9.17, 15) is 9.59 Å². The first-order valence-corrected chi connectivity index (χ1v) is 14.3. The normalized spacial score (nSPS) is 59.7. The number of carbonyl (C=O) groups is 2. The van der Waals surface area contributed by atoms with Gasteiger partial charge in [0.2, 0.25) is 5.91 Å². The van der Waals surface area contributed by atoms with Crippen LogP contribution in [0.1, 0.15) is 86.0 Å². The molecular weight excluding hydrogens is 426 g/mol. The first kappa shape index (κ1) is 22.3. The summed E-state index contributed by atoms with van der Waals surface area (Å²) in [7, 11) is 0. The van der Waals surface area contributed by atoms with Gasteiger partial charge in [-0.15, -0.1) is 0 Å². The number of epoxide rings is 1. The largest absolute Gasteiger partial charge is 0.361 e. The van der Waals surface area contributed by atoms with Gasteiger partial charge in [-0.05, 0) is 85.9 Å². The summed E-state index contributed by atoms with van der Waals surface area (Å²) >= 11 is 0. The summed E-state index contributed by atoms with van der Waals surface area (Å²) in [6.07, 6.45) is 9.40. The quantitative estimate of drug-likeness (QED) is 0.477. The molecule has 7 aliphatic rings. The highest BCUT2D eigenvalue weighted by atomic mass is 16.6. The Hall–Kier alpha value is -0.940. The average Bonchev–Trinajstić information content (AvgIpc) is 3.49. The van der Waals surface area contributed by atoms with Gasteiger partial charge < -0.3 is 14.4 Å². The molecule has 34 heavy (non-hydrogen) atoms. The lowest BCUT2D eigenvalue weighted by atomic mass is 9.44. The zero-order chi connectivity index (χ0) is 23.8. The molecule has 0 N–H and O–H groups in total. The summed E-state index contributed by atoms with van der Waals surface area (Å²) in [4.78, 5) is 27.3. The number of fused-ring (bicyclic) bond motifs is 9. The summed E-state index contributed by atoms with van der Waals surface area (Å²) in [6, 6.07) is 0. The van der Waals surface area contributed by atoms with E-state index in [1.165, 1.54) is 25.7 Å². The molecule has 0 aromatic heterocycles. The second-order valence-corrected chi connectivity index (χ2v) is 14.0. The fourth-order valence-corrected chi connectivity index (χ4v) is 11.3. The van der Waals surface area contributed by atoms with Crippen molar-refractivity contribution in [2.24, 2.45) is 52.3 Å². The Bertz CT molecular complexity index is 935. The summed E-state index contributed by atoms with van der Waals surface area (Å²) < 4.78 is 13.1. The highest BCUT2D eigenvalue weighted by Gasteiger charge is 2.73. The van der Waals surface area contributed by atoms with Gasteiger partial charge in [-0.1, -0.05) is 27.7 Å². The van der Waals surface area contributed by atoms with Crippen LogP contribution in [0.2, 0.25) is 0 Å². The lowest BCUT2D eigenvalue weighted by Crippen LogP contribution is -2.60. The molecule has 7 fully saturated rings. The molecule has 5 heteroatoms. The average molecular weight is 470 g/mol. The number of rotatable bonds is 0. The molecule has 4 aliphatic carbocycles. The zero-order valence-corrected chi connectivity index (χ0v) is 21.7. The second kappa shape index (κ2) is 6.88. The molecule has 1 spiro atoms. The monoisotopic (exact) mass is 469 g/mol. The van der Waals surface area contributed by atoms with Crippen LogP contribution in [0.4, 0.5) is 0 Å². The van der Waals surface area contributed by atoms with Gasteiger partial charge in [0, 0.05) is 31.2 Å². The summed E-state index contributed by atoms with van der Waals surface area (Å²) in [6.45, 7) is 12.3. The molecule has 5 nitrogen and oxygen atoms in total. The predicted molar refractivity (Wildman–Crippen MR) is 128 cm³/mol. The van der Waals surface area contributed by atoms with E-state index in [2.05, 4.69) is 32.6 Å². The predicted octanol–water partition coefficient (Wildman–Crippen LogP) is 4.82. The number of hydrogen-bond acceptors (Lipinski definition) is 4. The van der Waals surface area contributed by atoms with Crippen molar-refractivity contribution < 1.29 is 19.1 Å². The van der Waals surface area contributed by atoms with Gasteiger partial charge >= 0.3 is 0 Å². The number of carbonyl (C=O) groups excluding carboxylic acids is 2. The Balaban J connectivity index is 1.19. The van der Waals surface area contributed by atoms with Crippen LogP contribution in [0.3, 0.4) is 0 Å². The van der Waals surface area contributed by atoms with Crippen molar-refractivity contribution in [3.05, 3.63) is 0 Å². The molecule has 1 amide bonds. The fraction of sp³-hybridized carbons (Fsp3) is 0.931. The molecule has 13 atom stereocenters. The lowest BCUT2D eigenvalue weighted by Gasteiger charge is -2.60. The molecule has 4 saturated carbocycles. The van der Waals surface area contributed by atoms with E-state index in [1.807, 2.05) is 0 Å². The van der Waals surface area contributed by atoms with Gasteiger partial charge in [-0.2, -0.15) is 0 Å². The summed E-state index contributed by atoms with van der Waals surface area (Å²) in [5, 5.41) is 0. The van der Waals surface area contributed by atoms with Gasteiger partial charge in [-0.25, -0.2) is 0 Å². The third-order valence-corrected chi connectivity index (χ3v) is 12.9. The van der Waals surface area contributed by atoms with Crippen molar-refractivity contribution in [3.63, 3.8) is 0 Å². The number of ketones is 1. The van der Waals surface area contributed by atoms with E-state index in [0.29, 0.717) is 41.3 Å². The highest BCUT2D eigenvalue weighted by molar-refractivity contribution is 5.87. The number of ether oxygens (including phenoxy) is 2. The van der Waals surface area contributed by atoms with Crippen LogP contribution in [0.15, 0.2) is 0 Å². The zero-order valence-electron chi connectivity index (χ0n) is 21.7. The summed E-state index contributed by atoms with van der Waals surface area (Å²) in [5.74, 6) is 4.64. The fourth-order valence-electron chi connectivity index (χ4n) is 11.3. The van der Waals surface area contributed by atoms with Crippen LogP contribution in [-0.4, -0.2) is 47.2 Å². The van der Waals surface area contributed by atoms with Crippen LogP contribution in [0.25, 0.3) is 0 Å². The number of likely N-dealkylation sites (tertiary alicyclic amines) is 1. The number of piperidine rings is 1. The lowest BCUT2D eigenvalue weighted by molar-refractivity contribution is -0.201. The molecule has 0 radical (unpaired) electrons. The molecule has 0 aromatic carbocycles. The van der Waals surface area contributed by atoms with E-state index in [4.69, 9.17) is 9.47 Å². The van der Waals surface area contributed by atoms with E-state index < -0.39 is 0 Å². The van der Waals surface area contributed by atoms with Crippen LogP contribution in [0.5, 0.6) is 0 Å². The van der Waals surface area contributed by atoms with Gasteiger partial charge in [-0.3, -0.25) is 9.59 Å². The minimum Gasteiger partial charge on any atom is -0.361 e. The molecule has 7 rings (SSSR count). The van der Waals surface area contributed by atoms with Crippen molar-refractivity contribution in [2.45, 2.75) is 110 Å². The van der Waals surface area contributed by atoms with Gasteiger partial charge in [0.1, 0.15) is 11.8 Å². The SMILES string of the molecule is CC(=O)N1C[C@H](C)CCC12O[C@H]1C[C@H]3[C@@H]4CCC5CC(=O)C6OC6[C@]5(C)[C@H]4CC[C@]3(C)[C@H]1[C@@H]2C. The standard InChI is InChI=1S/C29H43NO4/c1-15-8-11-29(30(14-15)17(3)31)16(2)24-23(34-29)13-21-19-7-6-18-12-22(32)25-26(33-25)28(18,5)20(19)9-10-27(21,24)4/h15-16,18-21,23-26H,6-14H2,1-5H3/t15-,16+,18?,19-,20+,21+,23+,24+,25?,26?,27+,28+,29?/m1/s1. The van der Waals surface area contributed by atoms with Crippen LogP contribution >= 0.6 is 0 Å². The van der Waals surface area contributed by atoms with Gasteiger partial charge in [0.05, 0.1) is 12.2 Å². The maximum absolute atomic E-state index is 12.8. The number of nitrogens with zero attached hydrogens (tertiary/aromatic N) is 1. The highest BCUT2D eigenvalue weighted by Crippen LogP contribution is 2.72. The minimum absolute atomic E-state index is 0.0919. The maximum Gasteiger partial charge on any atom is 0.221 e. The molecule has 0 bridgehead atoms. The Kier molecular flexibility index (Phi) is 4.51. The van der Waals surface area contributed by atoms with E-state index in [-0.39, 0.29) is 40.8 Å². The molecular formula is C29H43NO4. The van der Waals surface area contributed by atoms with Crippen LogP contribution in [0, 0.1) is 52.3 Å². The molecule has 0 aromatic rings. The Morgan fingerprint density at radius 3 is 2.62 bits per heavy atom. The Morgan fingerprint density at radius 2 is 1.85 bits per heavy atom. The van der Waals surface area contributed by atoms with Crippen molar-refractivity contribution in [2.75, 3.05) is 6.54 Å². The van der Waals surface area contributed by atoms with E-state index >= 15 is 0 Å². The molecule has 3 heterocycles. The van der Waals surface area contributed by atoms with Crippen molar-refractivity contribution in [1.82, 2.24) is 4.90 Å². The minimum atomic E-state index is -0.388. The van der Waals surface area contributed by atoms with Crippen molar-refractivity contribution >= 4 is 11.7 Å². The molecule has 188 valence electrons. The van der Waals surface area contributed by atoms with E-state index in [1.54, 1.807) is 6.92 Å². The Morgan fingerprint density at radius 1 is 1.06 bits per heavy atom. The molecule has 3 saturated heterocycles. The van der Waals surface area contributed by atoms with Gasteiger partial charge in [0.25, 0.3) is 0 Å². The number of hydrogen-bond donors (Lipinski definition) is 0. The molecule has 3 aliphatic heterocycles. The third kappa shape index (κ3) is 2.54. The second-order valence-electron chi connectivity index (χ2n) is 14.0. The van der Waals surface area contributed by atoms with Crippen LogP contribution in [-0.2, 0) is 19.1 Å². The number of Topliss-reactive ketones (excluding diaryl/α,β-unsaturated/α-hetero) is 1.